The van der Waals surface area contributed by atoms with Crippen LogP contribution in [-0.4, -0.2) is 24.8 Å². The molecule has 1 saturated carbocycles. The van der Waals surface area contributed by atoms with Gasteiger partial charge in [-0.1, -0.05) is 0 Å². The highest BCUT2D eigenvalue weighted by molar-refractivity contribution is 7.71. The van der Waals surface area contributed by atoms with E-state index in [9.17, 15) is 0 Å². The first-order chi connectivity index (χ1) is 9.29. The third-order valence-corrected chi connectivity index (χ3v) is 3.46. The predicted octanol–water partition coefficient (Wildman–Crippen LogP) is 2.74. The molecule has 96 valence electrons. The molecule has 19 heavy (non-hydrogen) atoms. The number of aromatic nitrogens is 5. The molecule has 3 aromatic heterocycles. The van der Waals surface area contributed by atoms with Gasteiger partial charge in [0.25, 0.3) is 0 Å². The molecule has 0 aliphatic heterocycles. The third kappa shape index (κ3) is 1.91. The highest BCUT2D eigenvalue weighted by Gasteiger charge is 2.25. The van der Waals surface area contributed by atoms with Crippen LogP contribution in [0.5, 0.6) is 0 Å². The van der Waals surface area contributed by atoms with Gasteiger partial charge in [0.05, 0.1) is 0 Å². The number of nitrogens with one attached hydrogen (secondary N) is 3. The van der Waals surface area contributed by atoms with E-state index < -0.39 is 0 Å². The summed E-state index contributed by atoms with van der Waals surface area (Å²) in [5.41, 5.74) is 2.12. The first kappa shape index (κ1) is 10.7. The van der Waals surface area contributed by atoms with Crippen LogP contribution in [0.15, 0.2) is 24.4 Å². The van der Waals surface area contributed by atoms with Gasteiger partial charge >= 0.3 is 0 Å². The quantitative estimate of drug-likeness (QED) is 0.641. The maximum absolute atomic E-state index is 5.11. The maximum Gasteiger partial charge on any atom is 0.214 e. The molecule has 1 fully saturated rings. The van der Waals surface area contributed by atoms with Crippen molar-refractivity contribution in [1.82, 2.24) is 24.8 Å². The SMILES string of the molecule is S=c1nc(Nc2cc(C3CC3)[nH]n2)c2cccn2[nH]1. The lowest BCUT2D eigenvalue weighted by molar-refractivity contribution is 0.889. The molecule has 0 radical (unpaired) electrons. The molecule has 0 atom stereocenters. The second kappa shape index (κ2) is 3.92. The van der Waals surface area contributed by atoms with Gasteiger partial charge in [0, 0.05) is 23.9 Å². The summed E-state index contributed by atoms with van der Waals surface area (Å²) in [7, 11) is 0. The van der Waals surface area contributed by atoms with Gasteiger partial charge in [-0.3, -0.25) is 14.7 Å². The summed E-state index contributed by atoms with van der Waals surface area (Å²) in [4.78, 5) is 4.31. The topological polar surface area (TPSA) is 73.8 Å². The van der Waals surface area contributed by atoms with E-state index in [1.807, 2.05) is 28.9 Å². The number of nitrogens with zero attached hydrogens (tertiary/aromatic N) is 3. The summed E-state index contributed by atoms with van der Waals surface area (Å²) in [6.07, 6.45) is 4.40. The van der Waals surface area contributed by atoms with Gasteiger partial charge < -0.3 is 5.32 Å². The second-order valence-corrected chi connectivity index (χ2v) is 5.14. The highest BCUT2D eigenvalue weighted by Crippen LogP contribution is 2.39. The van der Waals surface area contributed by atoms with Crippen molar-refractivity contribution in [2.45, 2.75) is 18.8 Å². The van der Waals surface area contributed by atoms with Crippen LogP contribution in [0.2, 0.25) is 0 Å². The van der Waals surface area contributed by atoms with E-state index in [1.54, 1.807) is 0 Å². The van der Waals surface area contributed by atoms with Crippen LogP contribution in [0.4, 0.5) is 11.6 Å². The Morgan fingerprint density at radius 3 is 3.16 bits per heavy atom. The minimum atomic E-state index is 0.434. The van der Waals surface area contributed by atoms with Crippen molar-refractivity contribution < 1.29 is 0 Å². The normalized spacial score (nSPS) is 14.9. The summed E-state index contributed by atoms with van der Waals surface area (Å²) in [5, 5.41) is 13.5. The molecule has 6 nitrogen and oxygen atoms in total. The molecule has 0 bridgehead atoms. The van der Waals surface area contributed by atoms with Crippen molar-refractivity contribution in [1.29, 1.82) is 0 Å². The third-order valence-electron chi connectivity index (χ3n) is 3.28. The Balaban J connectivity index is 1.73. The van der Waals surface area contributed by atoms with Gasteiger partial charge in [-0.15, -0.1) is 0 Å². The average molecular weight is 272 g/mol. The van der Waals surface area contributed by atoms with Crippen molar-refractivity contribution >= 4 is 29.4 Å². The van der Waals surface area contributed by atoms with E-state index in [-0.39, 0.29) is 0 Å². The highest BCUT2D eigenvalue weighted by atomic mass is 32.1. The maximum atomic E-state index is 5.11. The Labute approximate surface area is 113 Å². The van der Waals surface area contributed by atoms with Crippen molar-refractivity contribution in [2.75, 3.05) is 5.32 Å². The van der Waals surface area contributed by atoms with Gasteiger partial charge in [0.1, 0.15) is 5.52 Å². The monoisotopic (exact) mass is 272 g/mol. The molecule has 7 heteroatoms. The zero-order valence-corrected chi connectivity index (χ0v) is 10.9. The molecule has 0 unspecified atom stereocenters. The standard InChI is InChI=1S/C12H12N6S/c19-12-14-11(9-2-1-5-18(9)17-12)13-10-6-8(15-16-10)7-3-4-7/h1-2,5-7H,3-4H2,(H3,13,14,15,16,17,19). The number of hydrogen-bond donors (Lipinski definition) is 3. The molecule has 4 rings (SSSR count). The minimum Gasteiger partial charge on any atom is -0.322 e. The molecule has 3 N–H and O–H groups in total. The van der Waals surface area contributed by atoms with Crippen LogP contribution in [-0.2, 0) is 0 Å². The van der Waals surface area contributed by atoms with Crippen molar-refractivity contribution in [3.8, 4) is 0 Å². The zero-order chi connectivity index (χ0) is 12.8. The van der Waals surface area contributed by atoms with Gasteiger partial charge in [-0.25, -0.2) is 0 Å². The van der Waals surface area contributed by atoms with E-state index in [0.29, 0.717) is 16.5 Å². The lowest BCUT2D eigenvalue weighted by Gasteiger charge is -2.04. The van der Waals surface area contributed by atoms with Crippen molar-refractivity contribution in [3.05, 3.63) is 34.9 Å². The number of rotatable bonds is 3. The Morgan fingerprint density at radius 2 is 2.32 bits per heavy atom. The van der Waals surface area contributed by atoms with Crippen LogP contribution < -0.4 is 5.32 Å². The fourth-order valence-corrected chi connectivity index (χ4v) is 2.37. The number of H-pyrrole nitrogens is 2. The van der Waals surface area contributed by atoms with Crippen LogP contribution in [0.3, 0.4) is 0 Å². The lowest BCUT2D eigenvalue weighted by atomic mass is 10.3. The van der Waals surface area contributed by atoms with Crippen LogP contribution in [0.25, 0.3) is 5.52 Å². The van der Waals surface area contributed by atoms with Crippen molar-refractivity contribution in [3.63, 3.8) is 0 Å². The number of anilines is 2. The van der Waals surface area contributed by atoms with Crippen LogP contribution in [0.1, 0.15) is 24.5 Å². The van der Waals surface area contributed by atoms with Gasteiger partial charge in [-0.2, -0.15) is 10.1 Å². The van der Waals surface area contributed by atoms with Crippen LogP contribution >= 0.6 is 12.2 Å². The summed E-state index contributed by atoms with van der Waals surface area (Å²) in [6, 6.07) is 5.95. The molecule has 0 amide bonds. The fourth-order valence-electron chi connectivity index (χ4n) is 2.18. The Morgan fingerprint density at radius 1 is 1.42 bits per heavy atom. The van der Waals surface area contributed by atoms with Gasteiger partial charge in [-0.05, 0) is 37.2 Å². The molecular formula is C12H12N6S. The summed E-state index contributed by atoms with van der Waals surface area (Å²) >= 11 is 5.11. The molecule has 3 heterocycles. The first-order valence-electron chi connectivity index (χ1n) is 6.19. The summed E-state index contributed by atoms with van der Waals surface area (Å²) < 4.78 is 2.27. The first-order valence-corrected chi connectivity index (χ1v) is 6.60. The Bertz CT molecular complexity index is 794. The largest absolute Gasteiger partial charge is 0.322 e. The zero-order valence-electron chi connectivity index (χ0n) is 10.1. The van der Waals surface area contributed by atoms with E-state index in [1.165, 1.54) is 18.5 Å². The van der Waals surface area contributed by atoms with E-state index in [2.05, 4.69) is 25.6 Å². The molecule has 0 saturated heterocycles. The Kier molecular flexibility index (Phi) is 2.22. The van der Waals surface area contributed by atoms with Gasteiger partial charge in [0.15, 0.2) is 11.6 Å². The van der Waals surface area contributed by atoms with E-state index >= 15 is 0 Å². The van der Waals surface area contributed by atoms with Gasteiger partial charge in [0.2, 0.25) is 4.77 Å². The average Bonchev–Trinajstić information content (AvgIpc) is 2.95. The van der Waals surface area contributed by atoms with Crippen LogP contribution in [0, 0.1) is 4.77 Å². The number of aromatic amines is 2. The van der Waals surface area contributed by atoms with E-state index in [4.69, 9.17) is 12.2 Å². The smallest absolute Gasteiger partial charge is 0.214 e. The number of fused-ring (bicyclic) bond motifs is 1. The predicted molar refractivity (Wildman–Crippen MR) is 74.2 cm³/mol. The number of hydrogen-bond acceptors (Lipinski definition) is 4. The summed E-state index contributed by atoms with van der Waals surface area (Å²) in [6.45, 7) is 0. The molecule has 0 spiro atoms. The molecule has 1 aliphatic carbocycles. The molecule has 1 aliphatic rings. The fraction of sp³-hybridized carbons (Fsp3) is 0.250. The Hall–Kier alpha value is -2.15. The molecule has 3 aromatic rings. The minimum absolute atomic E-state index is 0.434. The van der Waals surface area contributed by atoms with Crippen molar-refractivity contribution in [2.24, 2.45) is 0 Å². The lowest BCUT2D eigenvalue weighted by Crippen LogP contribution is -2.00. The molecule has 0 aromatic carbocycles. The second-order valence-electron chi connectivity index (χ2n) is 4.75. The summed E-state index contributed by atoms with van der Waals surface area (Å²) in [5.74, 6) is 2.14. The molecular weight excluding hydrogens is 260 g/mol. The van der Waals surface area contributed by atoms with E-state index in [0.717, 1.165) is 11.3 Å².